The molecule has 156 valence electrons. The Kier molecular flexibility index (Phi) is 6.70. The highest BCUT2D eigenvalue weighted by molar-refractivity contribution is 7.89. The Labute approximate surface area is 177 Å². The van der Waals surface area contributed by atoms with Gasteiger partial charge in [0.1, 0.15) is 0 Å². The van der Waals surface area contributed by atoms with Gasteiger partial charge in [-0.3, -0.25) is 0 Å². The molecule has 1 atom stereocenters. The lowest BCUT2D eigenvalue weighted by molar-refractivity contribution is -0.138. The van der Waals surface area contributed by atoms with Crippen molar-refractivity contribution in [3.05, 3.63) is 89.5 Å². The fourth-order valence-corrected chi connectivity index (χ4v) is 4.46. The molecule has 0 spiro atoms. The Morgan fingerprint density at radius 1 is 1.03 bits per heavy atom. The molecule has 0 aliphatic heterocycles. The van der Waals surface area contributed by atoms with Crippen molar-refractivity contribution in [2.24, 2.45) is 0 Å². The molecule has 5 nitrogen and oxygen atoms in total. The van der Waals surface area contributed by atoms with E-state index < -0.39 is 22.0 Å². The highest BCUT2D eigenvalue weighted by Gasteiger charge is 2.28. The van der Waals surface area contributed by atoms with Gasteiger partial charge in [0.05, 0.1) is 23.1 Å². The van der Waals surface area contributed by atoms with Crippen molar-refractivity contribution in [1.29, 1.82) is 0 Å². The molecule has 3 aromatic carbocycles. The maximum atomic E-state index is 13.1. The summed E-state index contributed by atoms with van der Waals surface area (Å²) in [5.74, 6) is -0.551. The van der Waals surface area contributed by atoms with Gasteiger partial charge in [0.25, 0.3) is 0 Å². The Balaban J connectivity index is 2.08. The molecule has 0 aliphatic carbocycles. The summed E-state index contributed by atoms with van der Waals surface area (Å²) in [6.45, 7) is 5.50. The number of carbonyl (C=O) groups is 1. The van der Waals surface area contributed by atoms with Gasteiger partial charge in [0.2, 0.25) is 10.0 Å². The summed E-state index contributed by atoms with van der Waals surface area (Å²) >= 11 is 0. The average molecular weight is 424 g/mol. The van der Waals surface area contributed by atoms with Gasteiger partial charge < -0.3 is 4.74 Å². The minimum atomic E-state index is -3.88. The first-order valence-corrected chi connectivity index (χ1v) is 11.2. The van der Waals surface area contributed by atoms with Crippen LogP contribution in [0.4, 0.5) is 0 Å². The predicted molar refractivity (Wildman–Crippen MR) is 119 cm³/mol. The van der Waals surface area contributed by atoms with E-state index in [1.807, 2.05) is 49.4 Å². The molecule has 6 heteroatoms. The SMILES string of the molecule is CC=C(C(=O)OCC)C(NS(=O)(=O)c1ccc(C)cc1)c1ccc2ccccc2c1. The molecule has 0 aliphatic rings. The number of benzene rings is 3. The minimum absolute atomic E-state index is 0.137. The van der Waals surface area contributed by atoms with Crippen molar-refractivity contribution < 1.29 is 17.9 Å². The van der Waals surface area contributed by atoms with Gasteiger partial charge in [0.15, 0.2) is 0 Å². The monoisotopic (exact) mass is 423 g/mol. The first kappa shape index (κ1) is 21.7. The van der Waals surface area contributed by atoms with Crippen molar-refractivity contribution in [3.8, 4) is 0 Å². The van der Waals surface area contributed by atoms with Crippen LogP contribution in [0.5, 0.6) is 0 Å². The summed E-state index contributed by atoms with van der Waals surface area (Å²) in [7, 11) is -3.88. The van der Waals surface area contributed by atoms with Crippen molar-refractivity contribution in [2.45, 2.75) is 31.7 Å². The van der Waals surface area contributed by atoms with Gasteiger partial charge in [-0.25, -0.2) is 13.2 Å². The summed E-state index contributed by atoms with van der Waals surface area (Å²) in [4.78, 5) is 12.7. The summed E-state index contributed by atoms with van der Waals surface area (Å²) < 4.78 is 34.1. The zero-order valence-corrected chi connectivity index (χ0v) is 18.1. The fraction of sp³-hybridized carbons (Fsp3) is 0.208. The molecular weight excluding hydrogens is 398 g/mol. The molecular formula is C24H25NO4S. The third-order valence-corrected chi connectivity index (χ3v) is 6.28. The van der Waals surface area contributed by atoms with Crippen LogP contribution >= 0.6 is 0 Å². The van der Waals surface area contributed by atoms with E-state index in [1.165, 1.54) is 0 Å². The number of hydrogen-bond donors (Lipinski definition) is 1. The van der Waals surface area contributed by atoms with Crippen LogP contribution in [-0.2, 0) is 19.6 Å². The second-order valence-electron chi connectivity index (χ2n) is 6.94. The van der Waals surface area contributed by atoms with E-state index in [9.17, 15) is 13.2 Å². The number of allylic oxidation sites excluding steroid dienone is 1. The number of esters is 1. The molecule has 0 fully saturated rings. The molecule has 0 saturated heterocycles. The van der Waals surface area contributed by atoms with Crippen molar-refractivity contribution in [3.63, 3.8) is 0 Å². The summed E-state index contributed by atoms with van der Waals surface area (Å²) in [5, 5.41) is 1.98. The van der Waals surface area contributed by atoms with E-state index in [1.54, 1.807) is 44.2 Å². The zero-order chi connectivity index (χ0) is 21.7. The maximum absolute atomic E-state index is 13.1. The maximum Gasteiger partial charge on any atom is 0.335 e. The second-order valence-corrected chi connectivity index (χ2v) is 8.65. The van der Waals surface area contributed by atoms with E-state index in [0.717, 1.165) is 16.3 Å². The second kappa shape index (κ2) is 9.24. The van der Waals surface area contributed by atoms with Gasteiger partial charge in [-0.1, -0.05) is 60.2 Å². The number of ether oxygens (including phenoxy) is 1. The Bertz CT molecular complexity index is 1180. The molecule has 3 rings (SSSR count). The van der Waals surface area contributed by atoms with Gasteiger partial charge in [0, 0.05) is 0 Å². The Morgan fingerprint density at radius 3 is 2.33 bits per heavy atom. The topological polar surface area (TPSA) is 72.5 Å². The number of carbonyl (C=O) groups excluding carboxylic acids is 1. The van der Waals surface area contributed by atoms with Crippen LogP contribution in [0.2, 0.25) is 0 Å². The van der Waals surface area contributed by atoms with Crippen LogP contribution in [0.1, 0.15) is 31.0 Å². The fourth-order valence-electron chi connectivity index (χ4n) is 3.26. The van der Waals surface area contributed by atoms with Gasteiger partial charge in [-0.15, -0.1) is 0 Å². The standard InChI is InChI=1S/C24H25NO4S/c1-4-22(24(26)29-5-2)23(20-13-12-18-8-6-7-9-19(18)16-20)25-30(27,28)21-14-10-17(3)11-15-21/h4,6-16,23,25H,5H2,1-3H3. The number of hydrogen-bond acceptors (Lipinski definition) is 4. The van der Waals surface area contributed by atoms with E-state index in [0.29, 0.717) is 5.56 Å². The van der Waals surface area contributed by atoms with Gasteiger partial charge >= 0.3 is 5.97 Å². The van der Waals surface area contributed by atoms with Crippen LogP contribution in [0, 0.1) is 6.92 Å². The smallest absolute Gasteiger partial charge is 0.335 e. The highest BCUT2D eigenvalue weighted by Crippen LogP contribution is 2.28. The molecule has 0 radical (unpaired) electrons. The number of aryl methyl sites for hydroxylation is 1. The molecule has 0 bridgehead atoms. The van der Waals surface area contributed by atoms with Crippen molar-refractivity contribution in [1.82, 2.24) is 4.72 Å². The molecule has 1 N–H and O–H groups in total. The number of rotatable bonds is 7. The van der Waals surface area contributed by atoms with Crippen LogP contribution < -0.4 is 4.72 Å². The summed E-state index contributed by atoms with van der Waals surface area (Å²) in [5.41, 5.74) is 1.86. The first-order valence-electron chi connectivity index (χ1n) is 9.76. The van der Waals surface area contributed by atoms with Crippen LogP contribution in [-0.4, -0.2) is 21.0 Å². The van der Waals surface area contributed by atoms with E-state index in [2.05, 4.69) is 4.72 Å². The molecule has 3 aromatic rings. The predicted octanol–water partition coefficient (Wildman–Crippen LogP) is 4.68. The molecule has 30 heavy (non-hydrogen) atoms. The number of nitrogens with one attached hydrogen (secondary N) is 1. The lowest BCUT2D eigenvalue weighted by atomic mass is 9.96. The first-order chi connectivity index (χ1) is 14.4. The number of sulfonamides is 1. The molecule has 0 amide bonds. The quantitative estimate of drug-likeness (QED) is 0.442. The third-order valence-electron chi connectivity index (χ3n) is 4.84. The Morgan fingerprint density at radius 2 is 1.70 bits per heavy atom. The van der Waals surface area contributed by atoms with Gasteiger partial charge in [-0.2, -0.15) is 4.72 Å². The van der Waals surface area contributed by atoms with Gasteiger partial charge in [-0.05, 0) is 55.3 Å². The lowest BCUT2D eigenvalue weighted by Crippen LogP contribution is -2.32. The lowest BCUT2D eigenvalue weighted by Gasteiger charge is -2.22. The normalized spacial score (nSPS) is 13.2. The third kappa shape index (κ3) is 4.78. The molecule has 0 saturated carbocycles. The Hall–Kier alpha value is -2.96. The largest absolute Gasteiger partial charge is 0.463 e. The van der Waals surface area contributed by atoms with Crippen LogP contribution in [0.25, 0.3) is 10.8 Å². The average Bonchev–Trinajstić information content (AvgIpc) is 2.73. The van der Waals surface area contributed by atoms with Crippen LogP contribution in [0.15, 0.2) is 83.3 Å². The van der Waals surface area contributed by atoms with E-state index in [-0.39, 0.29) is 17.1 Å². The van der Waals surface area contributed by atoms with E-state index in [4.69, 9.17) is 4.74 Å². The van der Waals surface area contributed by atoms with Crippen molar-refractivity contribution >= 4 is 26.8 Å². The zero-order valence-electron chi connectivity index (χ0n) is 17.3. The highest BCUT2D eigenvalue weighted by atomic mass is 32.2. The van der Waals surface area contributed by atoms with Crippen molar-refractivity contribution in [2.75, 3.05) is 6.61 Å². The van der Waals surface area contributed by atoms with E-state index >= 15 is 0 Å². The summed E-state index contributed by atoms with van der Waals surface area (Å²) in [6, 6.07) is 19.1. The minimum Gasteiger partial charge on any atom is -0.463 e. The van der Waals surface area contributed by atoms with Crippen LogP contribution in [0.3, 0.4) is 0 Å². The molecule has 1 unspecified atom stereocenters. The number of fused-ring (bicyclic) bond motifs is 1. The summed E-state index contributed by atoms with van der Waals surface area (Å²) in [6.07, 6.45) is 1.59. The molecule has 0 heterocycles. The molecule has 0 aromatic heterocycles.